The molecule has 2 aromatic carbocycles. The summed E-state index contributed by atoms with van der Waals surface area (Å²) in [4.78, 5) is 0. The van der Waals surface area contributed by atoms with Gasteiger partial charge in [-0.15, -0.1) is 0 Å². The molecule has 0 fully saturated rings. The van der Waals surface area contributed by atoms with E-state index in [9.17, 15) is 0 Å². The van der Waals surface area contributed by atoms with Crippen LogP contribution in [0.4, 0.5) is 0 Å². The van der Waals surface area contributed by atoms with Crippen LogP contribution in [0.2, 0.25) is 25.1 Å². The Kier molecular flexibility index (Phi) is 5.19. The van der Waals surface area contributed by atoms with E-state index >= 15 is 0 Å². The summed E-state index contributed by atoms with van der Waals surface area (Å²) in [6, 6.07) is 5.97. The van der Waals surface area contributed by atoms with Gasteiger partial charge in [0.25, 0.3) is 0 Å². The van der Waals surface area contributed by atoms with Crippen LogP contribution in [0.3, 0.4) is 0 Å². The van der Waals surface area contributed by atoms with Gasteiger partial charge in [-0.2, -0.15) is 0 Å². The maximum Gasteiger partial charge on any atom is 0.0809 e. The summed E-state index contributed by atoms with van der Waals surface area (Å²) in [7, 11) is 0. The summed E-state index contributed by atoms with van der Waals surface area (Å²) in [5.74, 6) is 0. The van der Waals surface area contributed by atoms with Crippen molar-refractivity contribution in [1.82, 2.24) is 0 Å². The van der Waals surface area contributed by atoms with Crippen LogP contribution in [-0.4, -0.2) is 0 Å². The Hall–Kier alpha value is 0.620. The van der Waals surface area contributed by atoms with Crippen LogP contribution >= 0.6 is 80.6 Å². The van der Waals surface area contributed by atoms with Crippen LogP contribution in [0.5, 0.6) is 0 Å². The van der Waals surface area contributed by atoms with E-state index in [1.54, 1.807) is 0 Å². The van der Waals surface area contributed by atoms with Gasteiger partial charge in [0, 0.05) is 9.13 Å². The smallest absolute Gasteiger partial charge is 0.0809 e. The van der Waals surface area contributed by atoms with E-state index in [0.29, 0.717) is 15.6 Å². The average molecular weight is 466 g/mol. The average Bonchev–Trinajstić information content (AvgIpc) is 2.33. The van der Waals surface area contributed by atoms with Gasteiger partial charge in [-0.25, -0.2) is 0 Å². The molecule has 0 heterocycles. The summed E-state index contributed by atoms with van der Waals surface area (Å²) < 4.78 is 1.07. The van der Waals surface area contributed by atoms with Crippen molar-refractivity contribution in [1.29, 1.82) is 0 Å². The van der Waals surface area contributed by atoms with Crippen LogP contribution in [0.15, 0.2) is 18.2 Å². The van der Waals surface area contributed by atoms with E-state index < -0.39 is 0 Å². The predicted octanol–water partition coefficient (Wildman–Crippen LogP) is 7.53. The Labute approximate surface area is 150 Å². The minimum Gasteiger partial charge on any atom is -0.0819 e. The molecular formula is C13H6Cl5I. The van der Waals surface area contributed by atoms with Crippen molar-refractivity contribution in [2.24, 2.45) is 0 Å². The largest absolute Gasteiger partial charge is 0.0819 e. The van der Waals surface area contributed by atoms with Gasteiger partial charge in [-0.05, 0) is 52.8 Å². The molecule has 0 atom stereocenters. The van der Waals surface area contributed by atoms with Crippen molar-refractivity contribution in [3.63, 3.8) is 0 Å². The minimum absolute atomic E-state index is 0.171. The monoisotopic (exact) mass is 464 g/mol. The van der Waals surface area contributed by atoms with Gasteiger partial charge in [-0.3, -0.25) is 0 Å². The van der Waals surface area contributed by atoms with Crippen molar-refractivity contribution in [3.8, 4) is 11.1 Å². The van der Waals surface area contributed by atoms with Gasteiger partial charge in [0.15, 0.2) is 0 Å². The van der Waals surface area contributed by atoms with Crippen molar-refractivity contribution in [2.45, 2.75) is 6.92 Å². The van der Waals surface area contributed by atoms with Gasteiger partial charge in [0.2, 0.25) is 0 Å². The second-order valence-corrected chi connectivity index (χ2v) is 7.10. The highest BCUT2D eigenvalue weighted by atomic mass is 127. The minimum atomic E-state index is 0.171. The molecule has 100 valence electrons. The highest BCUT2D eigenvalue weighted by molar-refractivity contribution is 14.1. The second kappa shape index (κ2) is 6.17. The van der Waals surface area contributed by atoms with E-state index in [0.717, 1.165) is 14.7 Å². The third-order valence-corrected chi connectivity index (χ3v) is 5.44. The standard InChI is InChI=1S/C13H6Cl5I/c1-5-2-6(4-7(19)3-5)8-9(14)11(16)13(18)12(17)10(8)15/h2-4H,1H3. The molecule has 0 aromatic heterocycles. The van der Waals surface area contributed by atoms with Gasteiger partial charge in [0.05, 0.1) is 25.1 Å². The first kappa shape index (κ1) is 16.0. The highest BCUT2D eigenvalue weighted by Gasteiger charge is 2.20. The first-order chi connectivity index (χ1) is 8.82. The van der Waals surface area contributed by atoms with Gasteiger partial charge in [0.1, 0.15) is 0 Å². The van der Waals surface area contributed by atoms with Gasteiger partial charge in [-0.1, -0.05) is 64.1 Å². The molecule has 6 heteroatoms. The third kappa shape index (κ3) is 3.12. The Morgan fingerprint density at radius 3 is 1.68 bits per heavy atom. The fourth-order valence-corrected chi connectivity index (χ4v) is 3.92. The molecule has 2 aromatic rings. The van der Waals surface area contributed by atoms with Crippen LogP contribution in [-0.2, 0) is 0 Å². The lowest BCUT2D eigenvalue weighted by molar-refractivity contribution is 1.44. The topological polar surface area (TPSA) is 0 Å². The summed E-state index contributed by atoms with van der Waals surface area (Å²) >= 11 is 32.9. The zero-order valence-corrected chi connectivity index (χ0v) is 15.4. The molecule has 2 rings (SSSR count). The molecule has 0 aliphatic heterocycles. The molecule has 0 spiro atoms. The van der Waals surface area contributed by atoms with Crippen LogP contribution in [0.25, 0.3) is 11.1 Å². The van der Waals surface area contributed by atoms with E-state index in [-0.39, 0.29) is 15.1 Å². The van der Waals surface area contributed by atoms with E-state index in [2.05, 4.69) is 22.6 Å². The van der Waals surface area contributed by atoms with Crippen LogP contribution in [0.1, 0.15) is 5.56 Å². The molecule has 0 bridgehead atoms. The molecule has 0 nitrogen and oxygen atoms in total. The second-order valence-electron chi connectivity index (χ2n) is 3.96. The fraction of sp³-hybridized carbons (Fsp3) is 0.0769. The number of halogens is 6. The van der Waals surface area contributed by atoms with Crippen LogP contribution in [0, 0.1) is 10.5 Å². The Balaban J connectivity index is 2.82. The number of hydrogen-bond donors (Lipinski definition) is 0. The Bertz CT molecular complexity index is 617. The summed E-state index contributed by atoms with van der Waals surface area (Å²) in [5, 5.41) is 1.21. The first-order valence-corrected chi connectivity index (χ1v) is 8.08. The predicted molar refractivity (Wildman–Crippen MR) is 94.4 cm³/mol. The third-order valence-electron chi connectivity index (χ3n) is 2.54. The Morgan fingerprint density at radius 2 is 1.21 bits per heavy atom. The maximum atomic E-state index is 6.25. The summed E-state index contributed by atoms with van der Waals surface area (Å²) in [6.07, 6.45) is 0. The van der Waals surface area contributed by atoms with Crippen molar-refractivity contribution in [2.75, 3.05) is 0 Å². The first-order valence-electron chi connectivity index (χ1n) is 5.12. The van der Waals surface area contributed by atoms with Crippen molar-refractivity contribution >= 4 is 80.6 Å². The molecule has 0 aliphatic carbocycles. The fourth-order valence-electron chi connectivity index (χ4n) is 1.74. The molecule has 0 aliphatic rings. The van der Waals surface area contributed by atoms with Gasteiger partial charge < -0.3 is 0 Å². The van der Waals surface area contributed by atoms with E-state index in [1.165, 1.54) is 0 Å². The summed E-state index contributed by atoms with van der Waals surface area (Å²) in [5.41, 5.74) is 2.56. The zero-order chi connectivity index (χ0) is 14.3. The van der Waals surface area contributed by atoms with Crippen molar-refractivity contribution in [3.05, 3.63) is 52.4 Å². The SMILES string of the molecule is Cc1cc(I)cc(-c2c(Cl)c(Cl)c(Cl)c(Cl)c2Cl)c1. The quantitative estimate of drug-likeness (QED) is 0.232. The number of hydrogen-bond acceptors (Lipinski definition) is 0. The lowest BCUT2D eigenvalue weighted by Crippen LogP contribution is -1.88. The molecule has 0 radical (unpaired) electrons. The molecular weight excluding hydrogens is 460 g/mol. The number of aryl methyl sites for hydroxylation is 1. The maximum absolute atomic E-state index is 6.25. The van der Waals surface area contributed by atoms with Crippen molar-refractivity contribution < 1.29 is 0 Å². The van der Waals surface area contributed by atoms with Gasteiger partial charge >= 0.3 is 0 Å². The molecule has 0 saturated carbocycles. The lowest BCUT2D eigenvalue weighted by Gasteiger charge is -2.13. The molecule has 19 heavy (non-hydrogen) atoms. The van der Waals surface area contributed by atoms with E-state index in [1.807, 2.05) is 25.1 Å². The normalized spacial score (nSPS) is 10.9. The lowest BCUT2D eigenvalue weighted by atomic mass is 10.0. The molecule has 0 N–H and O–H groups in total. The molecule has 0 saturated heterocycles. The number of benzene rings is 2. The van der Waals surface area contributed by atoms with E-state index in [4.69, 9.17) is 58.0 Å². The number of rotatable bonds is 1. The Morgan fingerprint density at radius 1 is 0.737 bits per heavy atom. The highest BCUT2D eigenvalue weighted by Crippen LogP contribution is 2.48. The van der Waals surface area contributed by atoms with Crippen LogP contribution < -0.4 is 0 Å². The zero-order valence-electron chi connectivity index (χ0n) is 9.50. The molecule has 0 amide bonds. The molecule has 0 unspecified atom stereocenters. The summed E-state index contributed by atoms with van der Waals surface area (Å²) in [6.45, 7) is 1.99.